The highest BCUT2D eigenvalue weighted by Crippen LogP contribution is 2.19. The van der Waals surface area contributed by atoms with Crippen molar-refractivity contribution in [3.63, 3.8) is 0 Å². The number of para-hydroxylation sites is 1. The Balaban J connectivity index is 1.54. The lowest BCUT2D eigenvalue weighted by Gasteiger charge is -2.17. The molecule has 27 heavy (non-hydrogen) atoms. The highest BCUT2D eigenvalue weighted by molar-refractivity contribution is 5.78. The van der Waals surface area contributed by atoms with E-state index in [0.29, 0.717) is 25.6 Å². The summed E-state index contributed by atoms with van der Waals surface area (Å²) in [5, 5.41) is 3.40. The van der Waals surface area contributed by atoms with E-state index in [1.54, 1.807) is 6.20 Å². The van der Waals surface area contributed by atoms with Gasteiger partial charge in [0.15, 0.2) is 6.61 Å². The van der Waals surface area contributed by atoms with Gasteiger partial charge in [0.2, 0.25) is 5.88 Å². The number of rotatable bonds is 9. The maximum absolute atomic E-state index is 12.2. The summed E-state index contributed by atoms with van der Waals surface area (Å²) < 4.78 is 11.4. The largest absolute Gasteiger partial charge is 0.483 e. The number of benzene rings is 1. The zero-order valence-corrected chi connectivity index (χ0v) is 15.8. The van der Waals surface area contributed by atoms with Gasteiger partial charge in [-0.3, -0.25) is 4.79 Å². The van der Waals surface area contributed by atoms with Crippen LogP contribution in [0.2, 0.25) is 0 Å². The number of nitrogens with zero attached hydrogens (tertiary/aromatic N) is 2. The lowest BCUT2D eigenvalue weighted by molar-refractivity contribution is -0.132. The molecular weight excluding hydrogens is 342 g/mol. The monoisotopic (exact) mass is 369 g/mol. The predicted octanol–water partition coefficient (Wildman–Crippen LogP) is 2.77. The summed E-state index contributed by atoms with van der Waals surface area (Å²) in [5.41, 5.74) is 2.04. The van der Waals surface area contributed by atoms with Crippen LogP contribution in [0.1, 0.15) is 30.9 Å². The molecule has 1 aromatic heterocycles. The van der Waals surface area contributed by atoms with Crippen LogP contribution in [0.5, 0.6) is 11.6 Å². The second-order valence-electron chi connectivity index (χ2n) is 6.49. The van der Waals surface area contributed by atoms with Crippen LogP contribution in [0.4, 0.5) is 0 Å². The number of aromatic nitrogens is 1. The summed E-state index contributed by atoms with van der Waals surface area (Å²) in [7, 11) is 0. The summed E-state index contributed by atoms with van der Waals surface area (Å²) in [6, 6.07) is 11.7. The first kappa shape index (κ1) is 19.2. The summed E-state index contributed by atoms with van der Waals surface area (Å²) in [6.07, 6.45) is 3.91. The molecule has 2 heterocycles. The molecule has 0 aliphatic carbocycles. The average molecular weight is 369 g/mol. The minimum Gasteiger partial charge on any atom is -0.483 e. The van der Waals surface area contributed by atoms with Crippen molar-refractivity contribution in [1.82, 2.24) is 15.2 Å². The number of carbonyl (C=O) groups excluding carboxylic acids is 1. The lowest BCUT2D eigenvalue weighted by Crippen LogP contribution is -2.32. The van der Waals surface area contributed by atoms with Crippen LogP contribution in [0, 0.1) is 0 Å². The van der Waals surface area contributed by atoms with Gasteiger partial charge in [0.05, 0.1) is 6.61 Å². The third kappa shape index (κ3) is 5.44. The van der Waals surface area contributed by atoms with Gasteiger partial charge in [-0.1, -0.05) is 24.3 Å². The maximum atomic E-state index is 12.2. The molecule has 144 valence electrons. The van der Waals surface area contributed by atoms with Gasteiger partial charge in [0.1, 0.15) is 5.75 Å². The number of pyridine rings is 1. The van der Waals surface area contributed by atoms with Gasteiger partial charge in [-0.25, -0.2) is 4.98 Å². The normalized spacial score (nSPS) is 13.6. The molecule has 6 heteroatoms. The quantitative estimate of drug-likeness (QED) is 0.736. The van der Waals surface area contributed by atoms with Crippen LogP contribution in [-0.2, 0) is 17.9 Å². The average Bonchev–Trinajstić information content (AvgIpc) is 3.23. The molecule has 1 fully saturated rings. The Morgan fingerprint density at radius 1 is 1.07 bits per heavy atom. The zero-order valence-electron chi connectivity index (χ0n) is 15.8. The lowest BCUT2D eigenvalue weighted by atomic mass is 10.2. The van der Waals surface area contributed by atoms with E-state index in [1.165, 1.54) is 0 Å². The molecule has 1 amide bonds. The Morgan fingerprint density at radius 2 is 1.81 bits per heavy atom. The van der Waals surface area contributed by atoms with Gasteiger partial charge < -0.3 is 19.7 Å². The van der Waals surface area contributed by atoms with Crippen LogP contribution in [0.25, 0.3) is 0 Å². The smallest absolute Gasteiger partial charge is 0.260 e. The molecule has 1 aliphatic heterocycles. The fourth-order valence-corrected chi connectivity index (χ4v) is 3.15. The zero-order chi connectivity index (χ0) is 18.9. The van der Waals surface area contributed by atoms with E-state index in [2.05, 4.69) is 10.3 Å². The molecule has 0 spiro atoms. The Kier molecular flexibility index (Phi) is 7.04. The fraction of sp³-hybridized carbons (Fsp3) is 0.429. The van der Waals surface area contributed by atoms with Crippen LogP contribution >= 0.6 is 0 Å². The van der Waals surface area contributed by atoms with Crippen molar-refractivity contribution in [1.29, 1.82) is 0 Å². The Bertz CT molecular complexity index is 745. The van der Waals surface area contributed by atoms with Gasteiger partial charge in [-0.2, -0.15) is 0 Å². The third-order valence-corrected chi connectivity index (χ3v) is 4.54. The Labute approximate surface area is 160 Å². The topological polar surface area (TPSA) is 63.7 Å². The second kappa shape index (κ2) is 9.92. The molecule has 1 saturated heterocycles. The first-order chi connectivity index (χ1) is 13.3. The van der Waals surface area contributed by atoms with E-state index in [9.17, 15) is 4.79 Å². The molecular formula is C21H27N3O3. The van der Waals surface area contributed by atoms with Crippen LogP contribution in [0.3, 0.4) is 0 Å². The van der Waals surface area contributed by atoms with Crippen molar-refractivity contribution in [3.8, 4) is 11.6 Å². The maximum Gasteiger partial charge on any atom is 0.260 e. The number of nitrogens with one attached hydrogen (secondary N) is 1. The number of hydrogen-bond acceptors (Lipinski definition) is 5. The Hall–Kier alpha value is -2.60. The molecule has 1 aliphatic rings. The summed E-state index contributed by atoms with van der Waals surface area (Å²) in [5.74, 6) is 1.47. The minimum absolute atomic E-state index is 0.0620. The van der Waals surface area contributed by atoms with Crippen molar-refractivity contribution >= 4 is 5.91 Å². The van der Waals surface area contributed by atoms with Gasteiger partial charge in [-0.15, -0.1) is 0 Å². The molecule has 3 rings (SSSR count). The number of hydrogen-bond donors (Lipinski definition) is 1. The molecule has 0 atom stereocenters. The second-order valence-corrected chi connectivity index (χ2v) is 6.49. The molecule has 6 nitrogen and oxygen atoms in total. The highest BCUT2D eigenvalue weighted by atomic mass is 16.5. The molecule has 1 N–H and O–H groups in total. The van der Waals surface area contributed by atoms with Gasteiger partial charge in [0, 0.05) is 43.5 Å². The Morgan fingerprint density at radius 3 is 2.63 bits per heavy atom. The van der Waals surface area contributed by atoms with Crippen molar-refractivity contribution in [2.24, 2.45) is 0 Å². The molecule has 0 bridgehead atoms. The standard InChI is InChI=1S/C21H27N3O3/c1-2-26-21-18(9-7-11-23-21)15-22-14-17-8-3-4-10-19(17)27-16-20(25)24-12-5-6-13-24/h3-4,7-11,22H,2,5-6,12-16H2,1H3. The summed E-state index contributed by atoms with van der Waals surface area (Å²) in [6.45, 7) is 5.60. The van der Waals surface area contributed by atoms with E-state index in [1.807, 2.05) is 48.2 Å². The highest BCUT2D eigenvalue weighted by Gasteiger charge is 2.18. The van der Waals surface area contributed by atoms with Gasteiger partial charge in [0.25, 0.3) is 5.91 Å². The number of likely N-dealkylation sites (tertiary alicyclic amines) is 1. The molecule has 1 aromatic carbocycles. The van der Waals surface area contributed by atoms with E-state index in [4.69, 9.17) is 9.47 Å². The first-order valence-corrected chi connectivity index (χ1v) is 9.54. The summed E-state index contributed by atoms with van der Waals surface area (Å²) in [4.78, 5) is 18.3. The van der Waals surface area contributed by atoms with E-state index >= 15 is 0 Å². The SMILES string of the molecule is CCOc1ncccc1CNCc1ccccc1OCC(=O)N1CCCC1. The number of carbonyl (C=O) groups is 1. The molecule has 0 unspecified atom stereocenters. The number of ether oxygens (including phenoxy) is 2. The predicted molar refractivity (Wildman–Crippen MR) is 104 cm³/mol. The van der Waals surface area contributed by atoms with Crippen LogP contribution < -0.4 is 14.8 Å². The minimum atomic E-state index is 0.0620. The van der Waals surface area contributed by atoms with Gasteiger partial charge in [-0.05, 0) is 31.9 Å². The van der Waals surface area contributed by atoms with Crippen LogP contribution in [-0.4, -0.2) is 42.1 Å². The molecule has 0 saturated carbocycles. The van der Waals surface area contributed by atoms with E-state index < -0.39 is 0 Å². The van der Waals surface area contributed by atoms with Crippen molar-refractivity contribution in [3.05, 3.63) is 53.7 Å². The third-order valence-electron chi connectivity index (χ3n) is 4.54. The van der Waals surface area contributed by atoms with Gasteiger partial charge >= 0.3 is 0 Å². The molecule has 0 radical (unpaired) electrons. The first-order valence-electron chi connectivity index (χ1n) is 9.54. The van der Waals surface area contributed by atoms with E-state index in [0.717, 1.165) is 42.8 Å². The number of amides is 1. The van der Waals surface area contributed by atoms with Crippen molar-refractivity contribution in [2.45, 2.75) is 32.9 Å². The van der Waals surface area contributed by atoms with Crippen molar-refractivity contribution < 1.29 is 14.3 Å². The molecule has 2 aromatic rings. The van der Waals surface area contributed by atoms with E-state index in [-0.39, 0.29) is 12.5 Å². The van der Waals surface area contributed by atoms with Crippen LogP contribution in [0.15, 0.2) is 42.6 Å². The fourth-order valence-electron chi connectivity index (χ4n) is 3.15. The summed E-state index contributed by atoms with van der Waals surface area (Å²) >= 11 is 0. The van der Waals surface area contributed by atoms with Crippen molar-refractivity contribution in [2.75, 3.05) is 26.3 Å².